The van der Waals surface area contributed by atoms with E-state index in [2.05, 4.69) is 38.0 Å². The minimum Gasteiger partial charge on any atom is -0.379 e. The van der Waals surface area contributed by atoms with E-state index in [1.165, 1.54) is 6.42 Å². The molecule has 1 saturated heterocycles. The smallest absolute Gasteiger partial charge is 0.0594 e. The molecule has 1 fully saturated rings. The Kier molecular flexibility index (Phi) is 5.86. The Balaban J connectivity index is 2.62. The van der Waals surface area contributed by atoms with Crippen molar-refractivity contribution in [2.24, 2.45) is 11.8 Å². The first-order chi connectivity index (χ1) is 8.02. The average Bonchev–Trinajstić information content (AvgIpc) is 2.36. The van der Waals surface area contributed by atoms with Gasteiger partial charge in [0.1, 0.15) is 0 Å². The number of rotatable bonds is 6. The highest BCUT2D eigenvalue weighted by Gasteiger charge is 2.36. The van der Waals surface area contributed by atoms with Gasteiger partial charge in [-0.25, -0.2) is 0 Å². The molecule has 102 valence electrons. The summed E-state index contributed by atoms with van der Waals surface area (Å²) in [5, 5.41) is 0. The molecule has 0 radical (unpaired) electrons. The molecule has 0 aromatic heterocycles. The number of nitrogens with zero attached hydrogens (tertiary/aromatic N) is 1. The van der Waals surface area contributed by atoms with Gasteiger partial charge < -0.3 is 4.74 Å². The molecule has 1 aliphatic rings. The van der Waals surface area contributed by atoms with Crippen LogP contribution in [-0.4, -0.2) is 42.8 Å². The number of ether oxygens (including phenoxy) is 1. The summed E-state index contributed by atoms with van der Waals surface area (Å²) in [5.41, 5.74) is 3.11. The van der Waals surface area contributed by atoms with Crippen LogP contribution in [0.3, 0.4) is 0 Å². The van der Waals surface area contributed by atoms with E-state index in [4.69, 9.17) is 10.6 Å². The molecule has 0 aromatic carbocycles. The van der Waals surface area contributed by atoms with Crippen molar-refractivity contribution < 1.29 is 4.74 Å². The molecule has 2 atom stereocenters. The maximum Gasteiger partial charge on any atom is 0.0594 e. The number of nitrogens with two attached hydrogens (primary N) is 1. The van der Waals surface area contributed by atoms with Crippen LogP contribution in [0.2, 0.25) is 0 Å². The van der Waals surface area contributed by atoms with Gasteiger partial charge in [-0.3, -0.25) is 16.2 Å². The maximum atomic E-state index is 5.76. The number of hydrazine groups is 1. The van der Waals surface area contributed by atoms with Crippen LogP contribution in [0.25, 0.3) is 0 Å². The summed E-state index contributed by atoms with van der Waals surface area (Å²) in [6.45, 7) is 12.8. The summed E-state index contributed by atoms with van der Waals surface area (Å²) >= 11 is 0. The number of hydrogen-bond acceptors (Lipinski definition) is 4. The van der Waals surface area contributed by atoms with Gasteiger partial charge in [-0.05, 0) is 26.2 Å². The van der Waals surface area contributed by atoms with Crippen LogP contribution in [-0.2, 0) is 4.74 Å². The van der Waals surface area contributed by atoms with Crippen molar-refractivity contribution in [1.82, 2.24) is 10.3 Å². The standard InChI is InChI=1S/C13H29N3O/c1-5-11(2)10-12(15-14)13(3,4)16-6-8-17-9-7-16/h11-12,15H,5-10,14H2,1-4H3. The molecule has 0 saturated carbocycles. The normalized spacial score (nSPS) is 22.4. The quantitative estimate of drug-likeness (QED) is 0.546. The SMILES string of the molecule is CCC(C)CC(NN)C(C)(C)N1CCOCC1. The minimum absolute atomic E-state index is 0.0853. The van der Waals surface area contributed by atoms with Gasteiger partial charge in [0.25, 0.3) is 0 Å². The predicted octanol–water partition coefficient (Wildman–Crippen LogP) is 1.37. The molecule has 0 spiro atoms. The Bertz CT molecular complexity index is 215. The van der Waals surface area contributed by atoms with Gasteiger partial charge in [-0.15, -0.1) is 0 Å². The molecule has 3 N–H and O–H groups in total. The lowest BCUT2D eigenvalue weighted by atomic mass is 9.85. The molecule has 0 aromatic rings. The molecular formula is C13H29N3O. The van der Waals surface area contributed by atoms with Gasteiger partial charge in [0.15, 0.2) is 0 Å². The van der Waals surface area contributed by atoms with E-state index in [0.717, 1.165) is 32.7 Å². The summed E-state index contributed by atoms with van der Waals surface area (Å²) in [6, 6.07) is 0.329. The predicted molar refractivity (Wildman–Crippen MR) is 71.7 cm³/mol. The summed E-state index contributed by atoms with van der Waals surface area (Å²) in [7, 11) is 0. The number of morpholine rings is 1. The van der Waals surface area contributed by atoms with E-state index in [0.29, 0.717) is 12.0 Å². The van der Waals surface area contributed by atoms with Gasteiger partial charge in [0, 0.05) is 24.7 Å². The van der Waals surface area contributed by atoms with Crippen molar-refractivity contribution in [3.63, 3.8) is 0 Å². The molecule has 2 unspecified atom stereocenters. The third-order valence-corrected chi connectivity index (χ3v) is 4.22. The molecule has 1 aliphatic heterocycles. The van der Waals surface area contributed by atoms with Gasteiger partial charge in [0.05, 0.1) is 13.2 Å². The fourth-order valence-electron chi connectivity index (χ4n) is 2.49. The van der Waals surface area contributed by atoms with E-state index in [9.17, 15) is 0 Å². The molecule has 17 heavy (non-hydrogen) atoms. The molecule has 4 heteroatoms. The second kappa shape index (κ2) is 6.69. The monoisotopic (exact) mass is 243 g/mol. The molecule has 1 heterocycles. The molecule has 4 nitrogen and oxygen atoms in total. The summed E-state index contributed by atoms with van der Waals surface area (Å²) < 4.78 is 5.42. The average molecular weight is 243 g/mol. The molecule has 0 bridgehead atoms. The fraction of sp³-hybridized carbons (Fsp3) is 1.00. The first kappa shape index (κ1) is 14.9. The zero-order valence-corrected chi connectivity index (χ0v) is 11.8. The van der Waals surface area contributed by atoms with Crippen LogP contribution in [0.4, 0.5) is 0 Å². The lowest BCUT2D eigenvalue weighted by Crippen LogP contribution is -2.62. The van der Waals surface area contributed by atoms with Crippen LogP contribution >= 0.6 is 0 Å². The van der Waals surface area contributed by atoms with Crippen LogP contribution in [0, 0.1) is 5.92 Å². The Morgan fingerprint density at radius 2 is 1.94 bits per heavy atom. The van der Waals surface area contributed by atoms with Crippen molar-refractivity contribution in [2.45, 2.75) is 52.1 Å². The summed E-state index contributed by atoms with van der Waals surface area (Å²) in [4.78, 5) is 2.49. The van der Waals surface area contributed by atoms with E-state index in [1.807, 2.05) is 0 Å². The molecule has 1 rings (SSSR count). The van der Waals surface area contributed by atoms with Gasteiger partial charge in [0.2, 0.25) is 0 Å². The largest absolute Gasteiger partial charge is 0.379 e. The second-order valence-corrected chi connectivity index (χ2v) is 5.72. The maximum absolute atomic E-state index is 5.76. The Labute approximate surface area is 106 Å². The van der Waals surface area contributed by atoms with Crippen LogP contribution in [0.1, 0.15) is 40.5 Å². The zero-order valence-electron chi connectivity index (χ0n) is 11.8. The number of hydrogen-bond donors (Lipinski definition) is 2. The lowest BCUT2D eigenvalue weighted by Gasteiger charge is -2.46. The highest BCUT2D eigenvalue weighted by molar-refractivity contribution is 4.94. The van der Waals surface area contributed by atoms with Gasteiger partial charge in [-0.1, -0.05) is 20.3 Å². The van der Waals surface area contributed by atoms with E-state index in [1.54, 1.807) is 0 Å². The Morgan fingerprint density at radius 3 is 2.41 bits per heavy atom. The van der Waals surface area contributed by atoms with Crippen molar-refractivity contribution in [2.75, 3.05) is 26.3 Å². The minimum atomic E-state index is 0.0853. The van der Waals surface area contributed by atoms with Crippen molar-refractivity contribution in [3.05, 3.63) is 0 Å². The zero-order chi connectivity index (χ0) is 12.9. The van der Waals surface area contributed by atoms with Crippen molar-refractivity contribution >= 4 is 0 Å². The Morgan fingerprint density at radius 1 is 1.35 bits per heavy atom. The van der Waals surface area contributed by atoms with Crippen molar-refractivity contribution in [3.8, 4) is 0 Å². The molecule has 0 aliphatic carbocycles. The first-order valence-corrected chi connectivity index (χ1v) is 6.81. The summed E-state index contributed by atoms with van der Waals surface area (Å²) in [5.74, 6) is 6.47. The first-order valence-electron chi connectivity index (χ1n) is 6.81. The fourth-order valence-corrected chi connectivity index (χ4v) is 2.49. The second-order valence-electron chi connectivity index (χ2n) is 5.72. The van der Waals surface area contributed by atoms with E-state index < -0.39 is 0 Å². The number of nitrogens with one attached hydrogen (secondary N) is 1. The van der Waals surface area contributed by atoms with E-state index >= 15 is 0 Å². The summed E-state index contributed by atoms with van der Waals surface area (Å²) in [6.07, 6.45) is 2.33. The molecule has 0 amide bonds. The topological polar surface area (TPSA) is 50.5 Å². The van der Waals surface area contributed by atoms with Crippen LogP contribution in [0.5, 0.6) is 0 Å². The lowest BCUT2D eigenvalue weighted by molar-refractivity contribution is -0.0261. The van der Waals surface area contributed by atoms with E-state index in [-0.39, 0.29) is 5.54 Å². The van der Waals surface area contributed by atoms with Crippen molar-refractivity contribution in [1.29, 1.82) is 0 Å². The highest BCUT2D eigenvalue weighted by Crippen LogP contribution is 2.25. The Hall–Kier alpha value is -0.160. The van der Waals surface area contributed by atoms with Gasteiger partial charge in [-0.2, -0.15) is 0 Å². The molecular weight excluding hydrogens is 214 g/mol. The van der Waals surface area contributed by atoms with Gasteiger partial charge >= 0.3 is 0 Å². The third-order valence-electron chi connectivity index (χ3n) is 4.22. The third kappa shape index (κ3) is 3.91. The van der Waals surface area contributed by atoms with Crippen LogP contribution in [0.15, 0.2) is 0 Å². The van der Waals surface area contributed by atoms with Crippen LogP contribution < -0.4 is 11.3 Å². The highest BCUT2D eigenvalue weighted by atomic mass is 16.5.